The fourth-order valence-corrected chi connectivity index (χ4v) is 4.25. The van der Waals surface area contributed by atoms with Crippen LogP contribution in [0.2, 0.25) is 5.02 Å². The minimum atomic E-state index is -0.375. The number of ether oxygens (including phenoxy) is 1. The minimum Gasteiger partial charge on any atom is -0.497 e. The molecule has 0 bridgehead atoms. The summed E-state index contributed by atoms with van der Waals surface area (Å²) in [6.07, 6.45) is 0.826. The van der Waals surface area contributed by atoms with Gasteiger partial charge in [-0.15, -0.1) is 0 Å². The molecule has 1 saturated heterocycles. The van der Waals surface area contributed by atoms with Crippen molar-refractivity contribution in [2.75, 3.05) is 33.3 Å². The van der Waals surface area contributed by atoms with Gasteiger partial charge in [0.25, 0.3) is 5.91 Å². The predicted molar refractivity (Wildman–Crippen MR) is 128 cm³/mol. The van der Waals surface area contributed by atoms with Crippen molar-refractivity contribution in [3.8, 4) is 11.4 Å². The van der Waals surface area contributed by atoms with Crippen molar-refractivity contribution in [3.63, 3.8) is 0 Å². The number of methoxy groups -OCH3 is 1. The molecule has 0 unspecified atom stereocenters. The summed E-state index contributed by atoms with van der Waals surface area (Å²) in [5.41, 5.74) is 1.99. The summed E-state index contributed by atoms with van der Waals surface area (Å²) in [6, 6.07) is 16.7. The van der Waals surface area contributed by atoms with Gasteiger partial charge in [0.15, 0.2) is 5.69 Å². The highest BCUT2D eigenvalue weighted by atomic mass is 35.5. The monoisotopic (exact) mass is 466 g/mol. The van der Waals surface area contributed by atoms with Gasteiger partial charge < -0.3 is 9.64 Å². The second kappa shape index (κ2) is 10.2. The Kier molecular flexibility index (Phi) is 7.11. The number of hydrogen-bond donors (Lipinski definition) is 0. The van der Waals surface area contributed by atoms with Gasteiger partial charge in [-0.05, 0) is 43.2 Å². The van der Waals surface area contributed by atoms with Crippen LogP contribution in [0.25, 0.3) is 5.69 Å². The highest BCUT2D eigenvalue weighted by Gasteiger charge is 2.24. The molecule has 0 spiro atoms. The van der Waals surface area contributed by atoms with E-state index in [1.54, 1.807) is 29.7 Å². The van der Waals surface area contributed by atoms with Crippen LogP contribution in [0.15, 0.2) is 59.4 Å². The average Bonchev–Trinajstić information content (AvgIpc) is 3.05. The van der Waals surface area contributed by atoms with Crippen molar-refractivity contribution < 1.29 is 9.53 Å². The fraction of sp³-hybridized carbons (Fsp3) is 0.320. The van der Waals surface area contributed by atoms with Gasteiger partial charge in [0, 0.05) is 44.5 Å². The topological polar surface area (TPSA) is 67.7 Å². The lowest BCUT2D eigenvalue weighted by atomic mass is 10.2. The lowest BCUT2D eigenvalue weighted by Gasteiger charge is -2.22. The molecule has 0 N–H and O–H groups in total. The van der Waals surface area contributed by atoms with Crippen molar-refractivity contribution in [3.05, 3.63) is 86.8 Å². The molecule has 33 heavy (non-hydrogen) atoms. The number of benzene rings is 2. The Hall–Kier alpha value is -3.16. The number of rotatable bonds is 5. The standard InChI is InChI=1S/C25H27ClN4O3/c1-18-16-23(31)24(27-30(18)22-7-4-3-6-21(22)26)25(32)29-13-5-12-28(14-15-29)17-19-8-10-20(33-2)11-9-19/h3-4,6-11,16H,5,12-15,17H2,1-2H3. The average molecular weight is 467 g/mol. The largest absolute Gasteiger partial charge is 0.497 e. The Bertz CT molecular complexity index is 1190. The van der Waals surface area contributed by atoms with Crippen molar-refractivity contribution in [2.45, 2.75) is 19.9 Å². The summed E-state index contributed by atoms with van der Waals surface area (Å²) in [7, 11) is 1.65. The number of nitrogens with zero attached hydrogens (tertiary/aromatic N) is 4. The lowest BCUT2D eigenvalue weighted by Crippen LogP contribution is -2.38. The molecule has 0 aliphatic carbocycles. The maximum absolute atomic E-state index is 13.3. The molecule has 0 saturated carbocycles. The van der Waals surface area contributed by atoms with Crippen molar-refractivity contribution >= 4 is 17.5 Å². The summed E-state index contributed by atoms with van der Waals surface area (Å²) in [5, 5.41) is 4.91. The van der Waals surface area contributed by atoms with Crippen LogP contribution in [-0.4, -0.2) is 58.8 Å². The number of carbonyl (C=O) groups excluding carboxylic acids is 1. The molecule has 3 aromatic rings. The van der Waals surface area contributed by atoms with E-state index in [1.165, 1.54) is 11.6 Å². The summed E-state index contributed by atoms with van der Waals surface area (Å²) >= 11 is 6.33. The molecule has 1 amide bonds. The first kappa shape index (κ1) is 23.0. The molecule has 0 radical (unpaired) electrons. The maximum atomic E-state index is 13.3. The molecule has 2 heterocycles. The molecular weight excluding hydrogens is 440 g/mol. The molecule has 4 rings (SSSR count). The number of aromatic nitrogens is 2. The van der Waals surface area contributed by atoms with Gasteiger partial charge >= 0.3 is 0 Å². The van der Waals surface area contributed by atoms with Gasteiger partial charge in [-0.25, -0.2) is 4.68 Å². The minimum absolute atomic E-state index is 0.0795. The molecule has 1 fully saturated rings. The Morgan fingerprint density at radius 1 is 1.06 bits per heavy atom. The third-order valence-corrected chi connectivity index (χ3v) is 6.15. The number of carbonyl (C=O) groups is 1. The molecule has 1 aromatic heterocycles. The van der Waals surface area contributed by atoms with Crippen LogP contribution in [-0.2, 0) is 6.54 Å². The zero-order valence-corrected chi connectivity index (χ0v) is 19.6. The summed E-state index contributed by atoms with van der Waals surface area (Å²) in [6.45, 7) is 5.29. The molecule has 8 heteroatoms. The quantitative estimate of drug-likeness (QED) is 0.575. The third kappa shape index (κ3) is 5.26. The Labute approximate surface area is 198 Å². The SMILES string of the molecule is COc1ccc(CN2CCCN(C(=O)c3nn(-c4ccccc4Cl)c(C)cc3=O)CC2)cc1. The second-order valence-electron chi connectivity index (χ2n) is 8.13. The van der Waals surface area contributed by atoms with Gasteiger partial charge in [0.1, 0.15) is 5.75 Å². The van der Waals surface area contributed by atoms with Crippen LogP contribution >= 0.6 is 11.6 Å². The lowest BCUT2D eigenvalue weighted by molar-refractivity contribution is 0.0751. The van der Waals surface area contributed by atoms with E-state index in [1.807, 2.05) is 30.3 Å². The van der Waals surface area contributed by atoms with E-state index in [9.17, 15) is 9.59 Å². The molecular formula is C25H27ClN4O3. The van der Waals surface area contributed by atoms with E-state index in [2.05, 4.69) is 22.1 Å². The van der Waals surface area contributed by atoms with Crippen LogP contribution in [0.3, 0.4) is 0 Å². The van der Waals surface area contributed by atoms with Crippen molar-refractivity contribution in [1.82, 2.24) is 19.6 Å². The number of para-hydroxylation sites is 1. The van der Waals surface area contributed by atoms with Crippen LogP contribution in [0.1, 0.15) is 28.2 Å². The summed E-state index contributed by atoms with van der Waals surface area (Å²) in [4.78, 5) is 30.0. The molecule has 1 aliphatic rings. The predicted octanol–water partition coefficient (Wildman–Crippen LogP) is 3.55. The first-order chi connectivity index (χ1) is 16.0. The highest BCUT2D eigenvalue weighted by molar-refractivity contribution is 6.32. The summed E-state index contributed by atoms with van der Waals surface area (Å²) < 4.78 is 6.78. The normalized spacial score (nSPS) is 14.7. The van der Waals surface area contributed by atoms with Crippen LogP contribution in [0, 0.1) is 6.92 Å². The first-order valence-corrected chi connectivity index (χ1v) is 11.3. The van der Waals surface area contributed by atoms with Crippen LogP contribution in [0.5, 0.6) is 5.75 Å². The highest BCUT2D eigenvalue weighted by Crippen LogP contribution is 2.20. The fourth-order valence-electron chi connectivity index (χ4n) is 4.03. The van der Waals surface area contributed by atoms with E-state index in [0.29, 0.717) is 29.5 Å². The third-order valence-electron chi connectivity index (χ3n) is 5.83. The van der Waals surface area contributed by atoms with E-state index >= 15 is 0 Å². The van der Waals surface area contributed by atoms with E-state index in [4.69, 9.17) is 16.3 Å². The Morgan fingerprint density at radius 3 is 2.55 bits per heavy atom. The van der Waals surface area contributed by atoms with Crippen molar-refractivity contribution in [2.24, 2.45) is 0 Å². The number of amides is 1. The maximum Gasteiger partial charge on any atom is 0.278 e. The Balaban J connectivity index is 1.49. The molecule has 2 aromatic carbocycles. The van der Waals surface area contributed by atoms with Gasteiger partial charge in [-0.2, -0.15) is 5.10 Å². The zero-order chi connectivity index (χ0) is 23.4. The number of hydrogen-bond acceptors (Lipinski definition) is 5. The van der Waals surface area contributed by atoms with Gasteiger partial charge in [0.05, 0.1) is 17.8 Å². The van der Waals surface area contributed by atoms with E-state index in [-0.39, 0.29) is 17.0 Å². The number of halogens is 1. The van der Waals surface area contributed by atoms with Crippen LogP contribution < -0.4 is 10.2 Å². The Morgan fingerprint density at radius 2 is 1.82 bits per heavy atom. The summed E-state index contributed by atoms with van der Waals surface area (Å²) in [5.74, 6) is 0.492. The van der Waals surface area contributed by atoms with Crippen LogP contribution in [0.4, 0.5) is 0 Å². The second-order valence-corrected chi connectivity index (χ2v) is 8.54. The molecule has 7 nitrogen and oxygen atoms in total. The van der Waals surface area contributed by atoms with E-state index in [0.717, 1.165) is 31.8 Å². The van der Waals surface area contributed by atoms with Gasteiger partial charge in [-0.3, -0.25) is 14.5 Å². The number of aryl methyl sites for hydroxylation is 1. The molecule has 1 aliphatic heterocycles. The smallest absolute Gasteiger partial charge is 0.278 e. The molecule has 0 atom stereocenters. The van der Waals surface area contributed by atoms with E-state index < -0.39 is 0 Å². The van der Waals surface area contributed by atoms with Gasteiger partial charge in [0.2, 0.25) is 5.43 Å². The van der Waals surface area contributed by atoms with Gasteiger partial charge in [-0.1, -0.05) is 35.9 Å². The first-order valence-electron chi connectivity index (χ1n) is 11.0. The van der Waals surface area contributed by atoms with Crippen molar-refractivity contribution in [1.29, 1.82) is 0 Å². The molecule has 172 valence electrons. The zero-order valence-electron chi connectivity index (χ0n) is 18.8.